The maximum atomic E-state index is 13.3. The van der Waals surface area contributed by atoms with Crippen molar-refractivity contribution in [1.29, 1.82) is 0 Å². The topological polar surface area (TPSA) is 66.4 Å². The van der Waals surface area contributed by atoms with Gasteiger partial charge in [-0.3, -0.25) is 9.59 Å². The van der Waals surface area contributed by atoms with Gasteiger partial charge >= 0.3 is 12.1 Å². The van der Waals surface area contributed by atoms with E-state index in [-0.39, 0.29) is 0 Å². The molecule has 104 valence electrons. The van der Waals surface area contributed by atoms with Crippen molar-refractivity contribution in [3.63, 3.8) is 0 Å². The van der Waals surface area contributed by atoms with Gasteiger partial charge in [0.15, 0.2) is 0 Å². The van der Waals surface area contributed by atoms with Crippen molar-refractivity contribution in [3.8, 4) is 0 Å². The molecule has 0 radical (unpaired) electrons. The number of hydrogen-bond donors (Lipinski definition) is 2. The number of aliphatic carboxylic acids is 1. The Balaban J connectivity index is 3.01. The van der Waals surface area contributed by atoms with Crippen LogP contribution in [0.5, 0.6) is 0 Å². The number of carbonyl (C=O) groups is 2. The van der Waals surface area contributed by atoms with Gasteiger partial charge in [0.05, 0.1) is 11.3 Å². The predicted molar refractivity (Wildman–Crippen MR) is 56.8 cm³/mol. The van der Waals surface area contributed by atoms with Gasteiger partial charge in [0.25, 0.3) is 0 Å². The van der Waals surface area contributed by atoms with Gasteiger partial charge in [-0.25, -0.2) is 4.39 Å². The van der Waals surface area contributed by atoms with Gasteiger partial charge in [0, 0.05) is 0 Å². The highest BCUT2D eigenvalue weighted by Gasteiger charge is 2.31. The van der Waals surface area contributed by atoms with Crippen molar-refractivity contribution < 1.29 is 32.3 Å². The molecule has 19 heavy (non-hydrogen) atoms. The molecule has 0 aliphatic heterocycles. The normalized spacial score (nSPS) is 12.9. The molecule has 0 saturated carbocycles. The van der Waals surface area contributed by atoms with E-state index in [1.165, 1.54) is 0 Å². The molecule has 0 fully saturated rings. The molecule has 0 aromatic heterocycles. The molecule has 4 nitrogen and oxygen atoms in total. The van der Waals surface area contributed by atoms with E-state index in [4.69, 9.17) is 5.11 Å². The molecule has 1 rings (SSSR count). The van der Waals surface area contributed by atoms with Gasteiger partial charge < -0.3 is 10.4 Å². The van der Waals surface area contributed by atoms with E-state index in [0.29, 0.717) is 18.2 Å². The lowest BCUT2D eigenvalue weighted by molar-refractivity contribution is -0.144. The number of alkyl halides is 3. The minimum atomic E-state index is -4.69. The Morgan fingerprint density at radius 2 is 1.89 bits per heavy atom. The van der Waals surface area contributed by atoms with E-state index < -0.39 is 41.0 Å². The fourth-order valence-corrected chi connectivity index (χ4v) is 1.15. The lowest BCUT2D eigenvalue weighted by Crippen LogP contribution is -2.27. The number of carboxylic acids is 1. The van der Waals surface area contributed by atoms with Crippen LogP contribution in [0.1, 0.15) is 12.5 Å². The molecule has 1 atom stereocenters. The Kier molecular flexibility index (Phi) is 4.13. The summed E-state index contributed by atoms with van der Waals surface area (Å²) in [6, 6.07) is 1.47. The number of anilines is 1. The third-order valence-corrected chi connectivity index (χ3v) is 2.32. The van der Waals surface area contributed by atoms with Crippen LogP contribution in [0.25, 0.3) is 0 Å². The highest BCUT2D eigenvalue weighted by molar-refractivity contribution is 6.03. The molecule has 0 bridgehead atoms. The minimum Gasteiger partial charge on any atom is -0.481 e. The summed E-state index contributed by atoms with van der Waals surface area (Å²) in [6.07, 6.45) is -4.69. The second kappa shape index (κ2) is 5.25. The van der Waals surface area contributed by atoms with Crippen LogP contribution in [-0.2, 0) is 15.8 Å². The standard InChI is InChI=1S/C11H9F4NO3/c1-5(10(18)19)9(17)16-8-4-6(11(13,14)15)2-3-7(8)12/h2-5H,1H3,(H,16,17)(H,18,19). The van der Waals surface area contributed by atoms with E-state index in [9.17, 15) is 27.2 Å². The molecule has 1 unspecified atom stereocenters. The zero-order valence-electron chi connectivity index (χ0n) is 9.58. The van der Waals surface area contributed by atoms with Crippen molar-refractivity contribution in [3.05, 3.63) is 29.6 Å². The van der Waals surface area contributed by atoms with E-state index in [2.05, 4.69) is 0 Å². The summed E-state index contributed by atoms with van der Waals surface area (Å²) in [6.45, 7) is 1.03. The average Bonchev–Trinajstić information content (AvgIpc) is 2.29. The summed E-state index contributed by atoms with van der Waals surface area (Å²) in [5, 5.41) is 10.4. The molecule has 1 aromatic rings. The van der Waals surface area contributed by atoms with Crippen LogP contribution in [0.15, 0.2) is 18.2 Å². The number of hydrogen-bond acceptors (Lipinski definition) is 2. The first-order valence-electron chi connectivity index (χ1n) is 5.03. The number of amides is 1. The number of rotatable bonds is 3. The number of carbonyl (C=O) groups excluding carboxylic acids is 1. The van der Waals surface area contributed by atoms with Crippen LogP contribution in [0.4, 0.5) is 23.2 Å². The van der Waals surface area contributed by atoms with Gasteiger partial charge in [-0.05, 0) is 25.1 Å². The molecule has 0 aliphatic rings. The third-order valence-electron chi connectivity index (χ3n) is 2.32. The summed E-state index contributed by atoms with van der Waals surface area (Å²) in [5.74, 6) is -5.16. The van der Waals surface area contributed by atoms with Crippen molar-refractivity contribution in [1.82, 2.24) is 0 Å². The van der Waals surface area contributed by atoms with Gasteiger partial charge in [-0.1, -0.05) is 0 Å². The minimum absolute atomic E-state index is 0.405. The maximum Gasteiger partial charge on any atom is 0.416 e. The molecule has 0 heterocycles. The molecular formula is C11H9F4NO3. The largest absolute Gasteiger partial charge is 0.481 e. The monoisotopic (exact) mass is 279 g/mol. The summed E-state index contributed by atoms with van der Waals surface area (Å²) in [5.41, 5.74) is -1.86. The first kappa shape index (κ1) is 14.9. The summed E-state index contributed by atoms with van der Waals surface area (Å²) >= 11 is 0. The Morgan fingerprint density at radius 1 is 1.32 bits per heavy atom. The highest BCUT2D eigenvalue weighted by atomic mass is 19.4. The van der Waals surface area contributed by atoms with Crippen LogP contribution in [0, 0.1) is 11.7 Å². The fourth-order valence-electron chi connectivity index (χ4n) is 1.15. The Hall–Kier alpha value is -2.12. The number of nitrogens with one attached hydrogen (secondary N) is 1. The molecule has 0 saturated heterocycles. The van der Waals surface area contributed by atoms with Crippen molar-refractivity contribution in [2.45, 2.75) is 13.1 Å². The summed E-state index contributed by atoms with van der Waals surface area (Å²) in [4.78, 5) is 21.8. The lowest BCUT2D eigenvalue weighted by atomic mass is 10.1. The van der Waals surface area contributed by atoms with E-state index in [1.54, 1.807) is 0 Å². The van der Waals surface area contributed by atoms with Crippen molar-refractivity contribution in [2.75, 3.05) is 5.32 Å². The Labute approximate surface area is 105 Å². The molecule has 0 aliphatic carbocycles. The average molecular weight is 279 g/mol. The van der Waals surface area contributed by atoms with Crippen LogP contribution in [0.2, 0.25) is 0 Å². The molecule has 1 aromatic carbocycles. The second-order valence-corrected chi connectivity index (χ2v) is 3.74. The quantitative estimate of drug-likeness (QED) is 0.660. The fraction of sp³-hybridized carbons (Fsp3) is 0.273. The smallest absolute Gasteiger partial charge is 0.416 e. The van der Waals surface area contributed by atoms with Crippen LogP contribution in [0.3, 0.4) is 0 Å². The van der Waals surface area contributed by atoms with Crippen LogP contribution >= 0.6 is 0 Å². The van der Waals surface area contributed by atoms with E-state index >= 15 is 0 Å². The molecule has 1 amide bonds. The van der Waals surface area contributed by atoms with E-state index in [1.807, 2.05) is 5.32 Å². The van der Waals surface area contributed by atoms with Gasteiger partial charge in [0.1, 0.15) is 11.7 Å². The first-order chi connectivity index (χ1) is 8.62. The third kappa shape index (κ3) is 3.67. The van der Waals surface area contributed by atoms with E-state index in [0.717, 1.165) is 6.92 Å². The van der Waals surface area contributed by atoms with Crippen molar-refractivity contribution in [2.24, 2.45) is 5.92 Å². The van der Waals surface area contributed by atoms with Gasteiger partial charge in [-0.15, -0.1) is 0 Å². The zero-order chi connectivity index (χ0) is 14.8. The Bertz CT molecular complexity index is 513. The SMILES string of the molecule is CC(C(=O)O)C(=O)Nc1cc(C(F)(F)F)ccc1F. The number of carboxylic acid groups (broad SMARTS) is 1. The summed E-state index contributed by atoms with van der Waals surface area (Å²) < 4.78 is 50.4. The highest BCUT2D eigenvalue weighted by Crippen LogP contribution is 2.31. The van der Waals surface area contributed by atoms with Crippen LogP contribution in [-0.4, -0.2) is 17.0 Å². The van der Waals surface area contributed by atoms with Crippen LogP contribution < -0.4 is 5.32 Å². The van der Waals surface area contributed by atoms with Gasteiger partial charge in [-0.2, -0.15) is 13.2 Å². The van der Waals surface area contributed by atoms with Gasteiger partial charge in [0.2, 0.25) is 5.91 Å². The zero-order valence-corrected chi connectivity index (χ0v) is 9.58. The maximum absolute atomic E-state index is 13.3. The molecule has 0 spiro atoms. The number of halogens is 4. The predicted octanol–water partition coefficient (Wildman–Crippen LogP) is 2.50. The second-order valence-electron chi connectivity index (χ2n) is 3.74. The Morgan fingerprint density at radius 3 is 2.37 bits per heavy atom. The lowest BCUT2D eigenvalue weighted by Gasteiger charge is -2.12. The van der Waals surface area contributed by atoms with Crippen molar-refractivity contribution >= 4 is 17.6 Å². The number of benzene rings is 1. The molecule has 8 heteroatoms. The molecular weight excluding hydrogens is 270 g/mol. The summed E-state index contributed by atoms with van der Waals surface area (Å²) in [7, 11) is 0. The first-order valence-corrected chi connectivity index (χ1v) is 5.03. The molecule has 2 N–H and O–H groups in total.